The normalized spacial score (nSPS) is 21.9. The third-order valence-electron chi connectivity index (χ3n) is 4.29. The molecule has 2 unspecified atom stereocenters. The summed E-state index contributed by atoms with van der Waals surface area (Å²) in [6, 6.07) is 7.70. The Kier molecular flexibility index (Phi) is 7.69. The number of likely N-dealkylation sites (tertiary alicyclic amines) is 1. The average Bonchev–Trinajstić information content (AvgIpc) is 2.46. The molecule has 0 amide bonds. The first-order valence-electron chi connectivity index (χ1n) is 7.80. The van der Waals surface area contributed by atoms with Crippen molar-refractivity contribution in [3.05, 3.63) is 29.8 Å². The minimum absolute atomic E-state index is 0. The molecule has 4 nitrogen and oxygen atoms in total. The molecule has 0 spiro atoms. The van der Waals surface area contributed by atoms with E-state index in [-0.39, 0.29) is 23.7 Å². The highest BCUT2D eigenvalue weighted by atomic mass is 35.5. The van der Waals surface area contributed by atoms with Crippen LogP contribution in [0.5, 0.6) is 5.75 Å². The van der Waals surface area contributed by atoms with Gasteiger partial charge in [0.2, 0.25) is 0 Å². The predicted octanol–water partition coefficient (Wildman–Crippen LogP) is 3.62. The molecule has 22 heavy (non-hydrogen) atoms. The molecule has 0 bridgehead atoms. The van der Waals surface area contributed by atoms with Crippen LogP contribution in [0.2, 0.25) is 0 Å². The summed E-state index contributed by atoms with van der Waals surface area (Å²) in [5, 5.41) is 9.60. The summed E-state index contributed by atoms with van der Waals surface area (Å²) < 4.78 is 5.24. The number of halogens is 1. The van der Waals surface area contributed by atoms with Crippen LogP contribution < -0.4 is 0 Å². The second-order valence-electron chi connectivity index (χ2n) is 5.87. The van der Waals surface area contributed by atoms with Crippen LogP contribution in [0.15, 0.2) is 24.3 Å². The van der Waals surface area contributed by atoms with Crippen LogP contribution in [0.3, 0.4) is 0 Å². The summed E-state index contributed by atoms with van der Waals surface area (Å²) >= 11 is 0. The molecule has 1 heterocycles. The molecule has 2 rings (SSSR count). The molecule has 1 saturated heterocycles. The summed E-state index contributed by atoms with van der Waals surface area (Å²) in [6.45, 7) is 5.88. The highest BCUT2D eigenvalue weighted by Crippen LogP contribution is 2.22. The molecule has 1 aromatic carbocycles. The Morgan fingerprint density at radius 3 is 2.55 bits per heavy atom. The summed E-state index contributed by atoms with van der Waals surface area (Å²) in [5.74, 6) is -0.478. The van der Waals surface area contributed by atoms with Gasteiger partial charge in [-0.25, -0.2) is 4.79 Å². The van der Waals surface area contributed by atoms with Gasteiger partial charge in [0.15, 0.2) is 0 Å². The predicted molar refractivity (Wildman–Crippen MR) is 89.7 cm³/mol. The van der Waals surface area contributed by atoms with Crippen molar-refractivity contribution in [1.82, 2.24) is 4.90 Å². The lowest BCUT2D eigenvalue weighted by Gasteiger charge is -2.38. The van der Waals surface area contributed by atoms with E-state index in [0.29, 0.717) is 18.7 Å². The largest absolute Gasteiger partial charge is 0.507 e. The van der Waals surface area contributed by atoms with Crippen LogP contribution in [-0.2, 0) is 4.74 Å². The van der Waals surface area contributed by atoms with Gasteiger partial charge in [0, 0.05) is 18.6 Å². The number of hydrogen-bond donors (Lipinski definition) is 1. The van der Waals surface area contributed by atoms with E-state index in [2.05, 4.69) is 18.7 Å². The SMILES string of the molecule is CC1CCCC(C)N1CCCOC(=O)c1ccccc1O.Cl. The molecule has 0 aromatic heterocycles. The number of ether oxygens (including phenoxy) is 1. The van der Waals surface area contributed by atoms with E-state index in [9.17, 15) is 9.90 Å². The fourth-order valence-corrected chi connectivity index (χ4v) is 3.05. The van der Waals surface area contributed by atoms with Gasteiger partial charge in [0.1, 0.15) is 11.3 Å². The van der Waals surface area contributed by atoms with Crippen LogP contribution in [0.4, 0.5) is 0 Å². The fraction of sp³-hybridized carbons (Fsp3) is 0.588. The van der Waals surface area contributed by atoms with Crippen molar-refractivity contribution in [3.8, 4) is 5.75 Å². The number of hydrogen-bond acceptors (Lipinski definition) is 4. The van der Waals surface area contributed by atoms with Crippen LogP contribution in [0.25, 0.3) is 0 Å². The van der Waals surface area contributed by atoms with Gasteiger partial charge in [-0.05, 0) is 45.2 Å². The molecular formula is C17H26ClNO3. The highest BCUT2D eigenvalue weighted by molar-refractivity contribution is 5.92. The molecule has 124 valence electrons. The van der Waals surface area contributed by atoms with E-state index in [1.165, 1.54) is 25.3 Å². The van der Waals surface area contributed by atoms with Crippen molar-refractivity contribution in [2.24, 2.45) is 0 Å². The standard InChI is InChI=1S/C17H25NO3.ClH/c1-13-7-5-8-14(2)18(13)11-6-12-21-17(20)15-9-3-4-10-16(15)19;/h3-4,9-10,13-14,19H,5-8,11-12H2,1-2H3;1H. The zero-order valence-electron chi connectivity index (χ0n) is 13.3. The third kappa shape index (κ3) is 4.89. The Bertz CT molecular complexity index is 471. The molecule has 1 aliphatic rings. The maximum Gasteiger partial charge on any atom is 0.341 e. The lowest BCUT2D eigenvalue weighted by atomic mass is 9.97. The molecule has 2 atom stereocenters. The molecule has 0 radical (unpaired) electrons. The average molecular weight is 328 g/mol. The van der Waals surface area contributed by atoms with Gasteiger partial charge < -0.3 is 9.84 Å². The lowest BCUT2D eigenvalue weighted by molar-refractivity contribution is 0.0447. The van der Waals surface area contributed by atoms with Crippen LogP contribution in [-0.4, -0.2) is 41.2 Å². The third-order valence-corrected chi connectivity index (χ3v) is 4.29. The van der Waals surface area contributed by atoms with E-state index in [1.54, 1.807) is 18.2 Å². The summed E-state index contributed by atoms with van der Waals surface area (Å²) in [5.41, 5.74) is 0.234. The molecule has 1 aliphatic heterocycles. The van der Waals surface area contributed by atoms with E-state index in [4.69, 9.17) is 4.74 Å². The van der Waals surface area contributed by atoms with Crippen molar-refractivity contribution >= 4 is 18.4 Å². The monoisotopic (exact) mass is 327 g/mol. The Morgan fingerprint density at radius 1 is 1.27 bits per heavy atom. The first kappa shape index (κ1) is 18.8. The number of nitrogens with zero attached hydrogens (tertiary/aromatic N) is 1. The minimum Gasteiger partial charge on any atom is -0.507 e. The van der Waals surface area contributed by atoms with Gasteiger partial charge in [-0.3, -0.25) is 4.90 Å². The van der Waals surface area contributed by atoms with E-state index in [0.717, 1.165) is 13.0 Å². The Morgan fingerprint density at radius 2 is 1.91 bits per heavy atom. The van der Waals surface area contributed by atoms with Crippen LogP contribution in [0.1, 0.15) is 49.9 Å². The Labute approximate surface area is 138 Å². The second-order valence-corrected chi connectivity index (χ2v) is 5.87. The maximum absolute atomic E-state index is 11.8. The molecule has 0 aliphatic carbocycles. The number of carbonyl (C=O) groups excluding carboxylic acids is 1. The number of rotatable bonds is 5. The highest BCUT2D eigenvalue weighted by Gasteiger charge is 2.23. The first-order valence-corrected chi connectivity index (χ1v) is 7.80. The zero-order chi connectivity index (χ0) is 15.2. The van der Waals surface area contributed by atoms with Crippen molar-refractivity contribution < 1.29 is 14.6 Å². The number of aromatic hydroxyl groups is 1. The van der Waals surface area contributed by atoms with Crippen molar-refractivity contribution in [2.75, 3.05) is 13.2 Å². The van der Waals surface area contributed by atoms with Crippen molar-refractivity contribution in [1.29, 1.82) is 0 Å². The van der Waals surface area contributed by atoms with Crippen LogP contribution >= 0.6 is 12.4 Å². The fourth-order valence-electron chi connectivity index (χ4n) is 3.05. The molecule has 0 saturated carbocycles. The van der Waals surface area contributed by atoms with E-state index in [1.807, 2.05) is 0 Å². The molecule has 5 heteroatoms. The number of piperidine rings is 1. The van der Waals surface area contributed by atoms with Gasteiger partial charge in [0.05, 0.1) is 6.61 Å². The summed E-state index contributed by atoms with van der Waals surface area (Å²) in [7, 11) is 0. The number of carbonyl (C=O) groups is 1. The van der Waals surface area contributed by atoms with Gasteiger partial charge in [0.25, 0.3) is 0 Å². The van der Waals surface area contributed by atoms with E-state index >= 15 is 0 Å². The zero-order valence-corrected chi connectivity index (χ0v) is 14.1. The molecular weight excluding hydrogens is 302 g/mol. The van der Waals surface area contributed by atoms with Crippen molar-refractivity contribution in [3.63, 3.8) is 0 Å². The summed E-state index contributed by atoms with van der Waals surface area (Å²) in [4.78, 5) is 14.3. The lowest BCUT2D eigenvalue weighted by Crippen LogP contribution is -2.44. The maximum atomic E-state index is 11.8. The summed E-state index contributed by atoms with van der Waals surface area (Å²) in [6.07, 6.45) is 4.64. The van der Waals surface area contributed by atoms with Gasteiger partial charge in [-0.1, -0.05) is 18.6 Å². The van der Waals surface area contributed by atoms with E-state index < -0.39 is 5.97 Å². The number of phenolic OH excluding ortho intramolecular Hbond substituents is 1. The number of esters is 1. The molecule has 1 aromatic rings. The van der Waals surface area contributed by atoms with Gasteiger partial charge in [-0.2, -0.15) is 0 Å². The van der Waals surface area contributed by atoms with Crippen molar-refractivity contribution in [2.45, 2.75) is 51.6 Å². The van der Waals surface area contributed by atoms with Crippen LogP contribution in [0, 0.1) is 0 Å². The van der Waals surface area contributed by atoms with Gasteiger partial charge >= 0.3 is 5.97 Å². The minimum atomic E-state index is -0.451. The number of para-hydroxylation sites is 1. The smallest absolute Gasteiger partial charge is 0.341 e. The molecule has 1 N–H and O–H groups in total. The second kappa shape index (κ2) is 9.01. The van der Waals surface area contributed by atoms with Gasteiger partial charge in [-0.15, -0.1) is 12.4 Å². The Hall–Kier alpha value is -1.26. The quantitative estimate of drug-likeness (QED) is 0.663. The topological polar surface area (TPSA) is 49.8 Å². The Balaban J connectivity index is 0.00000242. The first-order chi connectivity index (χ1) is 10.1. The number of phenols is 1. The molecule has 1 fully saturated rings. The number of benzene rings is 1.